The van der Waals surface area contributed by atoms with E-state index in [0.29, 0.717) is 24.5 Å². The fourth-order valence-electron chi connectivity index (χ4n) is 2.77. The largest absolute Gasteiger partial charge is 0.398 e. The first-order valence-corrected chi connectivity index (χ1v) is 8.29. The van der Waals surface area contributed by atoms with Gasteiger partial charge in [0.15, 0.2) is 6.29 Å². The van der Waals surface area contributed by atoms with E-state index in [-0.39, 0.29) is 0 Å². The average Bonchev–Trinajstić information content (AvgIpc) is 2.62. The molecule has 134 valence electrons. The van der Waals surface area contributed by atoms with Crippen LogP contribution in [0, 0.1) is 6.92 Å². The molecule has 0 bridgehead atoms. The molecule has 5 nitrogen and oxygen atoms in total. The minimum Gasteiger partial charge on any atom is -0.398 e. The molecule has 0 radical (unpaired) electrons. The van der Waals surface area contributed by atoms with Crippen LogP contribution < -0.4 is 10.6 Å². The lowest BCUT2D eigenvalue weighted by Gasteiger charge is -2.25. The van der Waals surface area contributed by atoms with Gasteiger partial charge in [-0.3, -0.25) is 4.79 Å². The van der Waals surface area contributed by atoms with E-state index in [2.05, 4.69) is 4.90 Å². The molecule has 0 atom stereocenters. The summed E-state index contributed by atoms with van der Waals surface area (Å²) in [5.74, 6) is 0. The van der Waals surface area contributed by atoms with Crippen molar-refractivity contribution in [2.45, 2.75) is 6.92 Å². The lowest BCUT2D eigenvalue weighted by molar-refractivity contribution is 0.112. The number of benzene rings is 2. The van der Waals surface area contributed by atoms with Crippen molar-refractivity contribution in [2.75, 3.05) is 51.2 Å². The smallest absolute Gasteiger partial charge is 0.150 e. The second kappa shape index (κ2) is 9.20. The standard InChI is InChI=1S/C20H26N2O3/c1-15-4-6-18(16(12-15)14-23)19-13-17(5-7-20(19)21)22(8-10-24-2)9-11-25-3/h4-7,12-14H,8-11,21H2,1-3H3. The zero-order valence-electron chi connectivity index (χ0n) is 15.1. The van der Waals surface area contributed by atoms with Crippen LogP contribution in [0.4, 0.5) is 11.4 Å². The van der Waals surface area contributed by atoms with Crippen LogP contribution in [-0.2, 0) is 9.47 Å². The van der Waals surface area contributed by atoms with E-state index in [1.807, 2.05) is 43.3 Å². The molecule has 0 spiro atoms. The Bertz CT molecular complexity index is 708. The molecule has 0 saturated carbocycles. The fraction of sp³-hybridized carbons (Fsp3) is 0.350. The number of methoxy groups -OCH3 is 2. The molecule has 0 fully saturated rings. The molecule has 0 aliphatic carbocycles. The SMILES string of the molecule is COCCN(CCOC)c1ccc(N)c(-c2ccc(C)cc2C=O)c1. The number of hydrogen-bond donors (Lipinski definition) is 1. The Morgan fingerprint density at radius 1 is 1.00 bits per heavy atom. The van der Waals surface area contributed by atoms with Crippen molar-refractivity contribution < 1.29 is 14.3 Å². The first-order valence-electron chi connectivity index (χ1n) is 8.29. The van der Waals surface area contributed by atoms with Crippen LogP contribution in [0.3, 0.4) is 0 Å². The van der Waals surface area contributed by atoms with Gasteiger partial charge in [0.05, 0.1) is 13.2 Å². The van der Waals surface area contributed by atoms with Gasteiger partial charge in [-0.25, -0.2) is 0 Å². The zero-order chi connectivity index (χ0) is 18.2. The number of aryl methyl sites for hydroxylation is 1. The third-order valence-electron chi connectivity index (χ3n) is 4.16. The first-order chi connectivity index (χ1) is 12.1. The van der Waals surface area contributed by atoms with Crippen LogP contribution in [0.5, 0.6) is 0 Å². The van der Waals surface area contributed by atoms with Gasteiger partial charge in [0.25, 0.3) is 0 Å². The highest BCUT2D eigenvalue weighted by molar-refractivity contribution is 5.92. The van der Waals surface area contributed by atoms with Crippen molar-refractivity contribution in [3.63, 3.8) is 0 Å². The number of rotatable bonds is 9. The molecule has 0 aliphatic rings. The highest BCUT2D eigenvalue weighted by Crippen LogP contribution is 2.32. The topological polar surface area (TPSA) is 64.8 Å². The van der Waals surface area contributed by atoms with Crippen LogP contribution in [0.1, 0.15) is 15.9 Å². The maximum Gasteiger partial charge on any atom is 0.150 e. The molecule has 2 N–H and O–H groups in total. The average molecular weight is 342 g/mol. The van der Waals surface area contributed by atoms with Crippen molar-refractivity contribution in [2.24, 2.45) is 0 Å². The molecule has 0 aliphatic heterocycles. The number of nitrogens with two attached hydrogens (primary N) is 1. The van der Waals surface area contributed by atoms with Gasteiger partial charge in [0.1, 0.15) is 0 Å². The molecule has 25 heavy (non-hydrogen) atoms. The van der Waals surface area contributed by atoms with E-state index >= 15 is 0 Å². The Labute approximate surface area is 149 Å². The lowest BCUT2D eigenvalue weighted by Crippen LogP contribution is -2.30. The maximum absolute atomic E-state index is 11.5. The second-order valence-electron chi connectivity index (χ2n) is 5.95. The Balaban J connectivity index is 2.43. The van der Waals surface area contributed by atoms with Gasteiger partial charge in [-0.1, -0.05) is 17.7 Å². The number of nitrogen functional groups attached to an aromatic ring is 1. The normalized spacial score (nSPS) is 10.7. The lowest BCUT2D eigenvalue weighted by atomic mass is 9.96. The number of aldehydes is 1. The number of carbonyl (C=O) groups is 1. The molecule has 0 heterocycles. The number of hydrogen-bond acceptors (Lipinski definition) is 5. The van der Waals surface area contributed by atoms with Crippen LogP contribution in [0.2, 0.25) is 0 Å². The summed E-state index contributed by atoms with van der Waals surface area (Å²) in [6.45, 7) is 4.70. The van der Waals surface area contributed by atoms with Gasteiger partial charge >= 0.3 is 0 Å². The van der Waals surface area contributed by atoms with E-state index in [4.69, 9.17) is 15.2 Å². The summed E-state index contributed by atoms with van der Waals surface area (Å²) in [7, 11) is 3.37. The molecule has 2 aromatic rings. The van der Waals surface area contributed by atoms with E-state index in [0.717, 1.165) is 41.8 Å². The Kier molecular flexibility index (Phi) is 6.98. The summed E-state index contributed by atoms with van der Waals surface area (Å²) in [6.07, 6.45) is 0.877. The summed E-state index contributed by atoms with van der Waals surface area (Å²) in [4.78, 5) is 13.7. The number of nitrogens with zero attached hydrogens (tertiary/aromatic N) is 1. The van der Waals surface area contributed by atoms with Crippen molar-refractivity contribution in [3.05, 3.63) is 47.5 Å². The van der Waals surface area contributed by atoms with Crippen molar-refractivity contribution in [3.8, 4) is 11.1 Å². The van der Waals surface area contributed by atoms with Gasteiger partial charge in [0.2, 0.25) is 0 Å². The quantitative estimate of drug-likeness (QED) is 0.560. The van der Waals surface area contributed by atoms with Crippen molar-refractivity contribution >= 4 is 17.7 Å². The molecule has 2 aromatic carbocycles. The van der Waals surface area contributed by atoms with Crippen molar-refractivity contribution in [1.82, 2.24) is 0 Å². The summed E-state index contributed by atoms with van der Waals surface area (Å²) in [6, 6.07) is 11.7. The predicted octanol–water partition coefficient (Wildman–Crippen LogP) is 3.16. The summed E-state index contributed by atoms with van der Waals surface area (Å²) >= 11 is 0. The van der Waals surface area contributed by atoms with Crippen LogP contribution in [0.15, 0.2) is 36.4 Å². The van der Waals surface area contributed by atoms with Crippen LogP contribution >= 0.6 is 0 Å². The number of anilines is 2. The Hall–Kier alpha value is -2.37. The predicted molar refractivity (Wildman–Crippen MR) is 102 cm³/mol. The monoisotopic (exact) mass is 342 g/mol. The molecule has 0 saturated heterocycles. The van der Waals surface area contributed by atoms with E-state index in [1.165, 1.54) is 0 Å². The van der Waals surface area contributed by atoms with Gasteiger partial charge in [-0.15, -0.1) is 0 Å². The molecule has 2 rings (SSSR count). The second-order valence-corrected chi connectivity index (χ2v) is 5.95. The molecule has 5 heteroatoms. The summed E-state index contributed by atoms with van der Waals surface area (Å²) in [5.41, 5.74) is 11.3. The molecule has 0 amide bonds. The van der Waals surface area contributed by atoms with E-state index in [1.54, 1.807) is 14.2 Å². The molecule has 0 aromatic heterocycles. The van der Waals surface area contributed by atoms with Gasteiger partial charge < -0.3 is 20.1 Å². The van der Waals surface area contributed by atoms with E-state index < -0.39 is 0 Å². The van der Waals surface area contributed by atoms with Gasteiger partial charge in [0, 0.05) is 49.8 Å². The highest BCUT2D eigenvalue weighted by atomic mass is 16.5. The third-order valence-corrected chi connectivity index (χ3v) is 4.16. The van der Waals surface area contributed by atoms with Crippen LogP contribution in [-0.4, -0.2) is 46.8 Å². The van der Waals surface area contributed by atoms with E-state index in [9.17, 15) is 4.79 Å². The molecular weight excluding hydrogens is 316 g/mol. The molecular formula is C20H26N2O3. The maximum atomic E-state index is 11.5. The minimum atomic E-state index is 0.619. The van der Waals surface area contributed by atoms with Crippen molar-refractivity contribution in [1.29, 1.82) is 0 Å². The Morgan fingerprint density at radius 2 is 1.68 bits per heavy atom. The Morgan fingerprint density at radius 3 is 2.28 bits per heavy atom. The summed E-state index contributed by atoms with van der Waals surface area (Å²) in [5, 5.41) is 0. The zero-order valence-corrected chi connectivity index (χ0v) is 15.1. The highest BCUT2D eigenvalue weighted by Gasteiger charge is 2.13. The van der Waals surface area contributed by atoms with Gasteiger partial charge in [-0.2, -0.15) is 0 Å². The number of ether oxygens (including phenoxy) is 2. The first kappa shape index (κ1) is 19.0. The summed E-state index contributed by atoms with van der Waals surface area (Å²) < 4.78 is 10.4. The fourth-order valence-corrected chi connectivity index (χ4v) is 2.77. The van der Waals surface area contributed by atoms with Crippen LogP contribution in [0.25, 0.3) is 11.1 Å². The minimum absolute atomic E-state index is 0.619. The van der Waals surface area contributed by atoms with Gasteiger partial charge in [-0.05, 0) is 36.8 Å². The molecule has 0 unspecified atom stereocenters. The third kappa shape index (κ3) is 4.81. The number of carbonyl (C=O) groups excluding carboxylic acids is 1.